The minimum atomic E-state index is 0.409. The summed E-state index contributed by atoms with van der Waals surface area (Å²) in [4.78, 5) is 2.61. The molecule has 3 aromatic heterocycles. The van der Waals surface area contributed by atoms with E-state index in [4.69, 9.17) is 9.84 Å². The first-order valence-corrected chi connectivity index (χ1v) is 9.89. The van der Waals surface area contributed by atoms with Crippen LogP contribution in [-0.4, -0.2) is 67.3 Å². The molecule has 5 rings (SSSR count). The highest BCUT2D eigenvalue weighted by molar-refractivity contribution is 5.39. The molecule has 2 aliphatic heterocycles. The van der Waals surface area contributed by atoms with Crippen molar-refractivity contribution in [1.82, 2.24) is 34.5 Å². The molecule has 0 spiro atoms. The number of likely N-dealkylation sites (tertiary alicyclic amines) is 1. The molecule has 2 saturated heterocycles. The standard InChI is InChI=1S/C19H25N7O/c1-8-20-25(9-1)18-3-2-17-21-22-19(26(17)23-18)16-4-10-24(11-5-16)14-15-6-12-27-13-7-15/h1-3,8-9,15-16H,4-7,10-14H2. The summed E-state index contributed by atoms with van der Waals surface area (Å²) in [6.45, 7) is 5.30. The Morgan fingerprint density at radius 2 is 1.89 bits per heavy atom. The first-order chi connectivity index (χ1) is 13.4. The molecule has 0 bridgehead atoms. The van der Waals surface area contributed by atoms with Crippen LogP contribution in [0.1, 0.15) is 37.4 Å². The molecule has 0 saturated carbocycles. The quantitative estimate of drug-likeness (QED) is 0.701. The molecule has 3 aromatic rings. The van der Waals surface area contributed by atoms with Gasteiger partial charge in [-0.1, -0.05) is 0 Å². The zero-order valence-corrected chi connectivity index (χ0v) is 15.4. The summed E-state index contributed by atoms with van der Waals surface area (Å²) in [5, 5.41) is 17.8. The maximum atomic E-state index is 5.48. The smallest absolute Gasteiger partial charge is 0.178 e. The summed E-state index contributed by atoms with van der Waals surface area (Å²) >= 11 is 0. The zero-order chi connectivity index (χ0) is 18.1. The minimum absolute atomic E-state index is 0.409. The van der Waals surface area contributed by atoms with Gasteiger partial charge in [0.1, 0.15) is 0 Å². The van der Waals surface area contributed by atoms with Gasteiger partial charge in [-0.2, -0.15) is 9.61 Å². The Bertz CT molecular complexity index is 877. The SMILES string of the molecule is c1cnn(-c2ccc3nnc(C4CCN(CC5CCOCC5)CC4)n3n2)c1. The molecule has 0 aliphatic carbocycles. The summed E-state index contributed by atoms with van der Waals surface area (Å²) in [7, 11) is 0. The van der Waals surface area contributed by atoms with Crippen LogP contribution in [-0.2, 0) is 4.74 Å². The minimum Gasteiger partial charge on any atom is -0.381 e. The molecule has 142 valence electrons. The van der Waals surface area contributed by atoms with Crippen LogP contribution >= 0.6 is 0 Å². The van der Waals surface area contributed by atoms with Crippen molar-refractivity contribution in [2.45, 2.75) is 31.6 Å². The van der Waals surface area contributed by atoms with Crippen molar-refractivity contribution in [3.05, 3.63) is 36.4 Å². The highest BCUT2D eigenvalue weighted by atomic mass is 16.5. The van der Waals surface area contributed by atoms with Crippen molar-refractivity contribution in [2.24, 2.45) is 5.92 Å². The number of piperidine rings is 1. The van der Waals surface area contributed by atoms with E-state index in [1.807, 2.05) is 28.9 Å². The van der Waals surface area contributed by atoms with Crippen molar-refractivity contribution in [1.29, 1.82) is 0 Å². The Balaban J connectivity index is 1.29. The van der Waals surface area contributed by atoms with Crippen molar-refractivity contribution in [3.63, 3.8) is 0 Å². The van der Waals surface area contributed by atoms with Gasteiger partial charge in [-0.15, -0.1) is 15.3 Å². The molecule has 2 aliphatic rings. The first-order valence-electron chi connectivity index (χ1n) is 9.89. The van der Waals surface area contributed by atoms with E-state index in [1.165, 1.54) is 19.4 Å². The molecule has 0 amide bonds. The highest BCUT2D eigenvalue weighted by Gasteiger charge is 2.27. The summed E-state index contributed by atoms with van der Waals surface area (Å²) in [6.07, 6.45) is 8.28. The summed E-state index contributed by atoms with van der Waals surface area (Å²) in [5.41, 5.74) is 0.797. The van der Waals surface area contributed by atoms with Gasteiger partial charge in [0, 0.05) is 38.1 Å². The second kappa shape index (κ2) is 7.36. The molecule has 0 aromatic carbocycles. The second-order valence-corrected chi connectivity index (χ2v) is 7.60. The van der Waals surface area contributed by atoms with E-state index >= 15 is 0 Å². The van der Waals surface area contributed by atoms with Crippen LogP contribution in [0.15, 0.2) is 30.6 Å². The summed E-state index contributed by atoms with van der Waals surface area (Å²) in [6, 6.07) is 5.78. The first kappa shape index (κ1) is 16.8. The van der Waals surface area contributed by atoms with Gasteiger partial charge >= 0.3 is 0 Å². The molecule has 2 fully saturated rings. The largest absolute Gasteiger partial charge is 0.381 e. The number of hydrogen-bond acceptors (Lipinski definition) is 6. The number of aromatic nitrogens is 6. The van der Waals surface area contributed by atoms with Gasteiger partial charge in [-0.25, -0.2) is 4.68 Å². The lowest BCUT2D eigenvalue weighted by Gasteiger charge is -2.34. The summed E-state index contributed by atoms with van der Waals surface area (Å²) < 4.78 is 9.14. The molecule has 0 radical (unpaired) electrons. The fourth-order valence-corrected chi connectivity index (χ4v) is 4.24. The number of rotatable bonds is 4. The van der Waals surface area contributed by atoms with Gasteiger partial charge in [-0.05, 0) is 62.9 Å². The lowest BCUT2D eigenvalue weighted by Crippen LogP contribution is -2.38. The van der Waals surface area contributed by atoms with E-state index in [0.29, 0.717) is 5.92 Å². The van der Waals surface area contributed by atoms with E-state index in [-0.39, 0.29) is 0 Å². The van der Waals surface area contributed by atoms with Gasteiger partial charge in [0.2, 0.25) is 0 Å². The molecule has 8 nitrogen and oxygen atoms in total. The lowest BCUT2D eigenvalue weighted by atomic mass is 9.93. The highest BCUT2D eigenvalue weighted by Crippen LogP contribution is 2.28. The average Bonchev–Trinajstić information content (AvgIpc) is 3.39. The van der Waals surface area contributed by atoms with Crippen LogP contribution in [0.3, 0.4) is 0 Å². The predicted octanol–water partition coefficient (Wildman–Crippen LogP) is 1.92. The molecule has 0 atom stereocenters. The summed E-state index contributed by atoms with van der Waals surface area (Å²) in [5.74, 6) is 2.96. The molecule has 5 heterocycles. The maximum absolute atomic E-state index is 5.48. The number of nitrogens with zero attached hydrogens (tertiary/aromatic N) is 7. The van der Waals surface area contributed by atoms with Gasteiger partial charge in [-0.3, -0.25) is 0 Å². The third-order valence-electron chi connectivity index (χ3n) is 5.82. The second-order valence-electron chi connectivity index (χ2n) is 7.60. The Hall–Kier alpha value is -2.32. The maximum Gasteiger partial charge on any atom is 0.178 e. The third kappa shape index (κ3) is 3.46. The topological polar surface area (TPSA) is 73.4 Å². The zero-order valence-electron chi connectivity index (χ0n) is 15.4. The molecular formula is C19H25N7O. The Morgan fingerprint density at radius 3 is 2.67 bits per heavy atom. The molecule has 0 unspecified atom stereocenters. The van der Waals surface area contributed by atoms with Crippen LogP contribution in [0.5, 0.6) is 0 Å². The van der Waals surface area contributed by atoms with Crippen LogP contribution in [0.2, 0.25) is 0 Å². The molecule has 27 heavy (non-hydrogen) atoms. The Kier molecular flexibility index (Phi) is 4.59. The fourth-order valence-electron chi connectivity index (χ4n) is 4.24. The van der Waals surface area contributed by atoms with E-state index in [1.54, 1.807) is 10.9 Å². The average molecular weight is 367 g/mol. The monoisotopic (exact) mass is 367 g/mol. The van der Waals surface area contributed by atoms with E-state index in [0.717, 1.165) is 62.4 Å². The molecular weight excluding hydrogens is 342 g/mol. The van der Waals surface area contributed by atoms with Gasteiger partial charge < -0.3 is 9.64 Å². The Morgan fingerprint density at radius 1 is 1.04 bits per heavy atom. The van der Waals surface area contributed by atoms with Crippen LogP contribution < -0.4 is 0 Å². The molecule has 8 heteroatoms. The van der Waals surface area contributed by atoms with Gasteiger partial charge in [0.25, 0.3) is 0 Å². The van der Waals surface area contributed by atoms with Crippen LogP contribution in [0.4, 0.5) is 0 Å². The molecule has 0 N–H and O–H groups in total. The van der Waals surface area contributed by atoms with Crippen molar-refractivity contribution < 1.29 is 4.74 Å². The van der Waals surface area contributed by atoms with E-state index in [2.05, 4.69) is 20.2 Å². The van der Waals surface area contributed by atoms with Crippen LogP contribution in [0.25, 0.3) is 11.5 Å². The van der Waals surface area contributed by atoms with E-state index in [9.17, 15) is 0 Å². The van der Waals surface area contributed by atoms with Gasteiger partial charge in [0.05, 0.1) is 0 Å². The van der Waals surface area contributed by atoms with Gasteiger partial charge in [0.15, 0.2) is 17.3 Å². The van der Waals surface area contributed by atoms with Crippen molar-refractivity contribution >= 4 is 5.65 Å². The van der Waals surface area contributed by atoms with Crippen molar-refractivity contribution in [3.8, 4) is 5.82 Å². The third-order valence-corrected chi connectivity index (χ3v) is 5.82. The van der Waals surface area contributed by atoms with Crippen LogP contribution in [0, 0.1) is 5.92 Å². The number of ether oxygens (including phenoxy) is 1. The normalized spacial score (nSPS) is 20.4. The van der Waals surface area contributed by atoms with E-state index < -0.39 is 0 Å². The predicted molar refractivity (Wildman–Crippen MR) is 99.9 cm³/mol. The van der Waals surface area contributed by atoms with Crippen molar-refractivity contribution in [2.75, 3.05) is 32.8 Å². The number of fused-ring (bicyclic) bond motifs is 1. The fraction of sp³-hybridized carbons (Fsp3) is 0.579. The Labute approximate surface area is 158 Å². The lowest BCUT2D eigenvalue weighted by molar-refractivity contribution is 0.0486. The number of hydrogen-bond donors (Lipinski definition) is 0.